The van der Waals surface area contributed by atoms with Crippen molar-refractivity contribution in [1.82, 2.24) is 0 Å². The van der Waals surface area contributed by atoms with Gasteiger partial charge in [0.05, 0.1) is 16.8 Å². The average Bonchev–Trinajstić information content (AvgIpc) is 2.92. The lowest BCUT2D eigenvalue weighted by Gasteiger charge is -2.25. The molecule has 2 aliphatic carbocycles. The number of hydrogen-bond donors (Lipinski definition) is 1. The molecular formula is C31H14Br3NO3. The first-order valence-electron chi connectivity index (χ1n) is 11.7. The lowest BCUT2D eigenvalue weighted by atomic mass is 9.79. The largest absolute Gasteiger partial charge is 0.398 e. The molecule has 5 aromatic rings. The van der Waals surface area contributed by atoms with E-state index >= 15 is 0 Å². The van der Waals surface area contributed by atoms with E-state index < -0.39 is 0 Å². The van der Waals surface area contributed by atoms with Crippen LogP contribution in [0.1, 0.15) is 47.8 Å². The highest BCUT2D eigenvalue weighted by Crippen LogP contribution is 2.49. The normalized spacial score (nSPS) is 13.4. The van der Waals surface area contributed by atoms with Crippen LogP contribution in [0, 0.1) is 0 Å². The summed E-state index contributed by atoms with van der Waals surface area (Å²) in [6, 6.07) is 22.3. The van der Waals surface area contributed by atoms with Gasteiger partial charge in [-0.05, 0) is 72.1 Å². The summed E-state index contributed by atoms with van der Waals surface area (Å²) >= 11 is 10.7. The molecule has 2 N–H and O–H groups in total. The van der Waals surface area contributed by atoms with Crippen molar-refractivity contribution >= 4 is 81.6 Å². The van der Waals surface area contributed by atoms with Gasteiger partial charge in [-0.1, -0.05) is 70.5 Å². The number of fused-ring (bicyclic) bond motifs is 4. The highest BCUT2D eigenvalue weighted by molar-refractivity contribution is 9.13. The molecule has 0 aliphatic heterocycles. The third kappa shape index (κ3) is 3.04. The summed E-state index contributed by atoms with van der Waals surface area (Å²) in [7, 11) is 0. The molecule has 0 radical (unpaired) electrons. The van der Waals surface area contributed by atoms with Crippen LogP contribution >= 0.6 is 47.8 Å². The van der Waals surface area contributed by atoms with Gasteiger partial charge in [-0.15, -0.1) is 0 Å². The summed E-state index contributed by atoms with van der Waals surface area (Å²) in [5.41, 5.74) is 12.5. The van der Waals surface area contributed by atoms with Gasteiger partial charge in [0.15, 0.2) is 17.3 Å². The van der Waals surface area contributed by atoms with Crippen molar-refractivity contribution in [2.45, 2.75) is 0 Å². The Morgan fingerprint density at radius 2 is 1.18 bits per heavy atom. The van der Waals surface area contributed by atoms with Crippen LogP contribution in [0.5, 0.6) is 0 Å². The van der Waals surface area contributed by atoms with Crippen molar-refractivity contribution < 1.29 is 14.4 Å². The first-order valence-corrected chi connectivity index (χ1v) is 14.1. The van der Waals surface area contributed by atoms with Gasteiger partial charge >= 0.3 is 0 Å². The second kappa shape index (κ2) is 8.30. The van der Waals surface area contributed by atoms with Crippen molar-refractivity contribution in [1.29, 1.82) is 0 Å². The molecule has 7 rings (SSSR count). The van der Waals surface area contributed by atoms with Crippen molar-refractivity contribution in [3.05, 3.63) is 120 Å². The van der Waals surface area contributed by atoms with E-state index in [-0.39, 0.29) is 34.2 Å². The number of hydrogen-bond acceptors (Lipinski definition) is 4. The molecule has 0 bridgehead atoms. The zero-order valence-corrected chi connectivity index (χ0v) is 24.1. The fourth-order valence-electron chi connectivity index (χ4n) is 5.68. The van der Waals surface area contributed by atoms with Crippen LogP contribution in [0.4, 0.5) is 5.69 Å². The Morgan fingerprint density at radius 1 is 0.526 bits per heavy atom. The van der Waals surface area contributed by atoms with Crippen molar-refractivity contribution in [2.75, 3.05) is 5.73 Å². The molecular weight excluding hydrogens is 674 g/mol. The first-order chi connectivity index (χ1) is 18.3. The number of ketones is 3. The lowest BCUT2D eigenvalue weighted by Crippen LogP contribution is -2.24. The van der Waals surface area contributed by atoms with Crippen molar-refractivity contribution in [3.8, 4) is 22.3 Å². The van der Waals surface area contributed by atoms with Gasteiger partial charge in [-0.3, -0.25) is 14.4 Å². The second-order valence-electron chi connectivity index (χ2n) is 9.29. The summed E-state index contributed by atoms with van der Waals surface area (Å²) in [6.07, 6.45) is 0. The molecule has 0 saturated carbocycles. The highest BCUT2D eigenvalue weighted by atomic mass is 79.9. The third-order valence-corrected chi connectivity index (χ3v) is 10.1. The number of rotatable bonds is 1. The molecule has 38 heavy (non-hydrogen) atoms. The molecule has 2 aliphatic rings. The van der Waals surface area contributed by atoms with Gasteiger partial charge in [0.1, 0.15) is 0 Å². The summed E-state index contributed by atoms with van der Waals surface area (Å²) in [5.74, 6) is -0.584. The SMILES string of the molecule is Nc1c2c(c(Br)c(Br)c1-c1cc3c4c(cccc4c1)C(=O)c1ccccc1-3)C(=O)c1c(Br)cccc1C2=O. The average molecular weight is 688 g/mol. The van der Waals surface area contributed by atoms with Crippen LogP contribution in [-0.2, 0) is 0 Å². The number of halogens is 3. The molecule has 182 valence electrons. The Morgan fingerprint density at radius 3 is 1.97 bits per heavy atom. The number of carbonyl (C=O) groups excluding carboxylic acids is 3. The summed E-state index contributed by atoms with van der Waals surface area (Å²) in [5, 5.41) is 1.77. The monoisotopic (exact) mass is 685 g/mol. The van der Waals surface area contributed by atoms with Gasteiger partial charge in [-0.2, -0.15) is 0 Å². The molecule has 0 aromatic heterocycles. The number of carbonyl (C=O) groups is 3. The Hall–Kier alpha value is -3.39. The Labute approximate surface area is 242 Å². The van der Waals surface area contributed by atoms with Gasteiger partial charge in [-0.25, -0.2) is 0 Å². The summed E-state index contributed by atoms with van der Waals surface area (Å²) < 4.78 is 1.60. The van der Waals surface area contributed by atoms with Gasteiger partial charge < -0.3 is 5.73 Å². The molecule has 5 aromatic carbocycles. The number of benzene rings is 5. The van der Waals surface area contributed by atoms with Crippen LogP contribution in [-0.4, -0.2) is 17.3 Å². The zero-order chi connectivity index (χ0) is 26.5. The summed E-state index contributed by atoms with van der Waals surface area (Å²) in [4.78, 5) is 40.6. The van der Waals surface area contributed by atoms with E-state index in [1.54, 1.807) is 18.2 Å². The fourth-order valence-corrected chi connectivity index (χ4v) is 7.44. The maximum Gasteiger partial charge on any atom is 0.196 e. The van der Waals surface area contributed by atoms with E-state index in [2.05, 4.69) is 47.8 Å². The molecule has 0 amide bonds. The van der Waals surface area contributed by atoms with E-state index in [0.29, 0.717) is 41.2 Å². The molecule has 0 saturated heterocycles. The molecule has 0 unspecified atom stereocenters. The minimum atomic E-state index is -0.303. The molecule has 0 atom stereocenters. The smallest absolute Gasteiger partial charge is 0.196 e. The first kappa shape index (κ1) is 23.7. The predicted octanol–water partition coefficient (Wildman–Crippen LogP) is 8.36. The standard InChI is InChI=1S/C31H14Br3NO3/c32-20-10-4-9-18-23(20)31(38)24-25(30(18)37)28(35)22(26(33)27(24)34)14-11-13-5-3-8-17-21(13)19(12-14)15-6-1-2-7-16(15)29(17)36/h1-12H,35H2. The van der Waals surface area contributed by atoms with Gasteiger partial charge in [0.25, 0.3) is 0 Å². The molecule has 7 heteroatoms. The van der Waals surface area contributed by atoms with Crippen molar-refractivity contribution in [3.63, 3.8) is 0 Å². The maximum absolute atomic E-state index is 13.7. The molecule has 0 heterocycles. The van der Waals surface area contributed by atoms with E-state index in [1.807, 2.05) is 54.6 Å². The zero-order valence-electron chi connectivity index (χ0n) is 19.4. The van der Waals surface area contributed by atoms with Crippen LogP contribution in [0.25, 0.3) is 33.0 Å². The van der Waals surface area contributed by atoms with E-state index in [9.17, 15) is 14.4 Å². The lowest BCUT2D eigenvalue weighted by molar-refractivity contribution is 0.0978. The maximum atomic E-state index is 13.7. The summed E-state index contributed by atoms with van der Waals surface area (Å²) in [6.45, 7) is 0. The van der Waals surface area contributed by atoms with E-state index in [4.69, 9.17) is 5.73 Å². The molecule has 0 spiro atoms. The molecule has 4 nitrogen and oxygen atoms in total. The number of anilines is 1. The van der Waals surface area contributed by atoms with Crippen LogP contribution in [0.3, 0.4) is 0 Å². The topological polar surface area (TPSA) is 77.2 Å². The van der Waals surface area contributed by atoms with Crippen LogP contribution < -0.4 is 5.73 Å². The van der Waals surface area contributed by atoms with Crippen LogP contribution in [0.2, 0.25) is 0 Å². The number of nitrogens with two attached hydrogens (primary N) is 1. The fraction of sp³-hybridized carbons (Fsp3) is 0. The highest BCUT2D eigenvalue weighted by Gasteiger charge is 2.37. The minimum absolute atomic E-state index is 0.00222. The third-order valence-electron chi connectivity index (χ3n) is 7.33. The van der Waals surface area contributed by atoms with E-state index in [1.165, 1.54) is 0 Å². The Bertz CT molecular complexity index is 1980. The van der Waals surface area contributed by atoms with Crippen LogP contribution in [0.15, 0.2) is 86.2 Å². The Kier molecular flexibility index (Phi) is 5.18. The Balaban J connectivity index is 1.55. The number of nitrogen functional groups attached to an aromatic ring is 1. The van der Waals surface area contributed by atoms with Gasteiger partial charge in [0.2, 0.25) is 0 Å². The van der Waals surface area contributed by atoms with Gasteiger partial charge in [0, 0.05) is 46.6 Å². The molecule has 0 fully saturated rings. The predicted molar refractivity (Wildman–Crippen MR) is 159 cm³/mol. The van der Waals surface area contributed by atoms with E-state index in [0.717, 1.165) is 27.5 Å². The van der Waals surface area contributed by atoms with Crippen molar-refractivity contribution in [2.24, 2.45) is 0 Å². The minimum Gasteiger partial charge on any atom is -0.398 e. The quantitative estimate of drug-likeness (QED) is 0.176. The second-order valence-corrected chi connectivity index (χ2v) is 11.7.